The number of oxazole rings is 1. The Labute approximate surface area is 127 Å². The number of rotatable bonds is 6. The fourth-order valence-electron chi connectivity index (χ4n) is 1.69. The quantitative estimate of drug-likeness (QED) is 0.653. The Balaban J connectivity index is 1.74. The van der Waals surface area contributed by atoms with Crippen molar-refractivity contribution in [2.45, 2.75) is 25.0 Å². The molecule has 0 aliphatic heterocycles. The van der Waals surface area contributed by atoms with E-state index in [4.69, 9.17) is 9.68 Å². The fraction of sp³-hybridized carbons (Fsp3) is 0.267. The second-order valence-corrected chi connectivity index (χ2v) is 5.46. The lowest BCUT2D eigenvalue weighted by Gasteiger charge is -2.06. The molecule has 0 saturated heterocycles. The van der Waals surface area contributed by atoms with Crippen molar-refractivity contribution in [3.63, 3.8) is 0 Å². The zero-order valence-electron chi connectivity index (χ0n) is 11.6. The first-order valence-electron chi connectivity index (χ1n) is 6.53. The molecular weight excluding hydrogens is 286 g/mol. The van der Waals surface area contributed by atoms with Crippen LogP contribution in [0.1, 0.15) is 24.1 Å². The van der Waals surface area contributed by atoms with Crippen LogP contribution in [0.15, 0.2) is 40.2 Å². The molecule has 1 N–H and O–H groups in total. The topological polar surface area (TPSA) is 78.9 Å². The van der Waals surface area contributed by atoms with Gasteiger partial charge >= 0.3 is 0 Å². The maximum Gasteiger partial charge on any atom is 0.255 e. The molecule has 2 rings (SSSR count). The van der Waals surface area contributed by atoms with Crippen LogP contribution < -0.4 is 5.32 Å². The monoisotopic (exact) mass is 301 g/mol. The predicted molar refractivity (Wildman–Crippen MR) is 81.0 cm³/mol. The fourth-order valence-corrected chi connectivity index (χ4v) is 2.48. The van der Waals surface area contributed by atoms with Crippen LogP contribution in [0.4, 0.5) is 5.69 Å². The van der Waals surface area contributed by atoms with Crippen LogP contribution >= 0.6 is 11.8 Å². The first-order chi connectivity index (χ1) is 10.2. The SMILES string of the molecule is Cc1coc(SCCCC(=O)Nc2ccccc2C#N)n1. The number of nitrogens with one attached hydrogen (secondary N) is 1. The van der Waals surface area contributed by atoms with E-state index in [1.807, 2.05) is 6.92 Å². The summed E-state index contributed by atoms with van der Waals surface area (Å²) in [4.78, 5) is 16.0. The summed E-state index contributed by atoms with van der Waals surface area (Å²) in [5.41, 5.74) is 1.87. The van der Waals surface area contributed by atoms with Crippen molar-refractivity contribution >= 4 is 23.4 Å². The molecule has 0 unspecified atom stereocenters. The highest BCUT2D eigenvalue weighted by molar-refractivity contribution is 7.99. The molecule has 1 aromatic heterocycles. The molecule has 6 heteroatoms. The molecule has 1 amide bonds. The number of carbonyl (C=O) groups is 1. The molecule has 1 aromatic carbocycles. The Morgan fingerprint density at radius 1 is 1.48 bits per heavy atom. The zero-order valence-corrected chi connectivity index (χ0v) is 12.4. The summed E-state index contributed by atoms with van der Waals surface area (Å²) in [5.74, 6) is 0.662. The first-order valence-corrected chi connectivity index (χ1v) is 7.51. The van der Waals surface area contributed by atoms with Crippen molar-refractivity contribution in [3.05, 3.63) is 41.8 Å². The van der Waals surface area contributed by atoms with Crippen molar-refractivity contribution < 1.29 is 9.21 Å². The number of amides is 1. The number of hydrogen-bond acceptors (Lipinski definition) is 5. The normalized spacial score (nSPS) is 10.1. The van der Waals surface area contributed by atoms with Crippen molar-refractivity contribution in [1.29, 1.82) is 5.26 Å². The number of hydrogen-bond donors (Lipinski definition) is 1. The average molecular weight is 301 g/mol. The Kier molecular flexibility index (Phi) is 5.41. The number of para-hydroxylation sites is 1. The van der Waals surface area contributed by atoms with E-state index in [0.717, 1.165) is 11.4 Å². The largest absolute Gasteiger partial charge is 0.440 e. The van der Waals surface area contributed by atoms with Crippen LogP contribution in [0.2, 0.25) is 0 Å². The van der Waals surface area contributed by atoms with Gasteiger partial charge in [-0.15, -0.1) is 0 Å². The minimum Gasteiger partial charge on any atom is -0.440 e. The standard InChI is InChI=1S/C15H15N3O2S/c1-11-10-20-15(17-11)21-8-4-7-14(19)18-13-6-3-2-5-12(13)9-16/h2-3,5-6,10H,4,7-8H2,1H3,(H,18,19). The van der Waals surface area contributed by atoms with Crippen molar-refractivity contribution in [3.8, 4) is 6.07 Å². The third-order valence-electron chi connectivity index (χ3n) is 2.69. The highest BCUT2D eigenvalue weighted by Crippen LogP contribution is 2.19. The van der Waals surface area contributed by atoms with E-state index in [-0.39, 0.29) is 5.91 Å². The summed E-state index contributed by atoms with van der Waals surface area (Å²) in [5, 5.41) is 12.3. The van der Waals surface area contributed by atoms with Crippen LogP contribution in [-0.4, -0.2) is 16.6 Å². The average Bonchev–Trinajstić information content (AvgIpc) is 2.90. The van der Waals surface area contributed by atoms with Crippen LogP contribution in [-0.2, 0) is 4.79 Å². The smallest absolute Gasteiger partial charge is 0.255 e. The van der Waals surface area contributed by atoms with E-state index in [9.17, 15) is 4.79 Å². The van der Waals surface area contributed by atoms with Crippen LogP contribution in [0.25, 0.3) is 0 Å². The van der Waals surface area contributed by atoms with E-state index < -0.39 is 0 Å². The molecule has 0 radical (unpaired) electrons. The lowest BCUT2D eigenvalue weighted by molar-refractivity contribution is -0.116. The van der Waals surface area contributed by atoms with Gasteiger partial charge in [-0.3, -0.25) is 4.79 Å². The van der Waals surface area contributed by atoms with Gasteiger partial charge in [-0.25, -0.2) is 4.98 Å². The Hall–Kier alpha value is -2.26. The van der Waals surface area contributed by atoms with Gasteiger partial charge in [0.15, 0.2) is 0 Å². The van der Waals surface area contributed by atoms with Gasteiger partial charge in [0.05, 0.1) is 16.9 Å². The molecule has 0 spiro atoms. The minimum atomic E-state index is -0.0955. The third-order valence-corrected chi connectivity index (χ3v) is 3.62. The second-order valence-electron chi connectivity index (χ2n) is 4.41. The van der Waals surface area contributed by atoms with Gasteiger partial charge < -0.3 is 9.73 Å². The van der Waals surface area contributed by atoms with E-state index in [2.05, 4.69) is 16.4 Å². The molecule has 108 valence electrons. The molecule has 1 heterocycles. The summed E-state index contributed by atoms with van der Waals surface area (Å²) in [7, 11) is 0. The minimum absolute atomic E-state index is 0.0955. The highest BCUT2D eigenvalue weighted by Gasteiger charge is 2.07. The van der Waals surface area contributed by atoms with Crippen LogP contribution in [0.3, 0.4) is 0 Å². The van der Waals surface area contributed by atoms with Gasteiger partial charge in [-0.1, -0.05) is 23.9 Å². The number of aromatic nitrogens is 1. The molecule has 0 aliphatic rings. The lowest BCUT2D eigenvalue weighted by Crippen LogP contribution is -2.12. The van der Waals surface area contributed by atoms with Crippen molar-refractivity contribution in [1.82, 2.24) is 4.98 Å². The third kappa shape index (κ3) is 4.65. The van der Waals surface area contributed by atoms with E-state index in [1.54, 1.807) is 30.5 Å². The number of carbonyl (C=O) groups excluding carboxylic acids is 1. The zero-order chi connectivity index (χ0) is 15.1. The van der Waals surface area contributed by atoms with E-state index in [1.165, 1.54) is 11.8 Å². The Bertz CT molecular complexity index is 661. The predicted octanol–water partition coefficient (Wildman–Crippen LogP) is 3.37. The molecule has 2 aromatic rings. The number of nitriles is 1. The molecule has 0 aliphatic carbocycles. The number of aryl methyl sites for hydroxylation is 1. The number of anilines is 1. The van der Waals surface area contributed by atoms with Gasteiger partial charge in [0.2, 0.25) is 5.91 Å². The van der Waals surface area contributed by atoms with Gasteiger partial charge in [0, 0.05) is 12.2 Å². The van der Waals surface area contributed by atoms with Gasteiger partial charge in [0.25, 0.3) is 5.22 Å². The summed E-state index contributed by atoms with van der Waals surface area (Å²) < 4.78 is 5.21. The van der Waals surface area contributed by atoms with Crippen molar-refractivity contribution in [2.24, 2.45) is 0 Å². The summed E-state index contributed by atoms with van der Waals surface area (Å²) in [6.45, 7) is 1.87. The lowest BCUT2D eigenvalue weighted by atomic mass is 10.2. The number of benzene rings is 1. The molecular formula is C15H15N3O2S. The Morgan fingerprint density at radius 3 is 3.00 bits per heavy atom. The van der Waals surface area contributed by atoms with Gasteiger partial charge in [-0.05, 0) is 25.5 Å². The first kappa shape index (κ1) is 15.1. The molecule has 0 saturated carbocycles. The van der Waals surface area contributed by atoms with Gasteiger partial charge in [-0.2, -0.15) is 5.26 Å². The van der Waals surface area contributed by atoms with E-state index in [0.29, 0.717) is 29.3 Å². The molecule has 0 fully saturated rings. The molecule has 0 atom stereocenters. The van der Waals surface area contributed by atoms with E-state index >= 15 is 0 Å². The molecule has 5 nitrogen and oxygen atoms in total. The Morgan fingerprint density at radius 2 is 2.29 bits per heavy atom. The van der Waals surface area contributed by atoms with Gasteiger partial charge in [0.1, 0.15) is 12.3 Å². The highest BCUT2D eigenvalue weighted by atomic mass is 32.2. The summed E-state index contributed by atoms with van der Waals surface area (Å²) >= 11 is 1.49. The van der Waals surface area contributed by atoms with Crippen molar-refractivity contribution in [2.75, 3.05) is 11.1 Å². The second kappa shape index (κ2) is 7.50. The maximum absolute atomic E-state index is 11.8. The molecule has 21 heavy (non-hydrogen) atoms. The van der Waals surface area contributed by atoms with Crippen LogP contribution in [0.5, 0.6) is 0 Å². The molecule has 0 bridgehead atoms. The van der Waals surface area contributed by atoms with Crippen LogP contribution in [0, 0.1) is 18.3 Å². The summed E-state index contributed by atoms with van der Waals surface area (Å²) in [6, 6.07) is 9.01. The maximum atomic E-state index is 11.8. The number of thioether (sulfide) groups is 1. The summed E-state index contributed by atoms with van der Waals surface area (Å²) in [6.07, 6.45) is 2.72. The number of nitrogens with zero attached hydrogens (tertiary/aromatic N) is 2.